The maximum Gasteiger partial charge on any atom is 0.235 e. The highest BCUT2D eigenvalue weighted by Gasteiger charge is 2.09. The molecule has 0 saturated heterocycles. The minimum absolute atomic E-state index is 0.138. The zero-order valence-electron chi connectivity index (χ0n) is 6.07. The van der Waals surface area contributed by atoms with Gasteiger partial charge in [0.05, 0.1) is 4.83 Å². The molecule has 0 aliphatic carbocycles. The predicted octanol–water partition coefficient (Wildman–Crippen LogP) is 3.10. The second kappa shape index (κ2) is 6.17. The summed E-state index contributed by atoms with van der Waals surface area (Å²) in [4.78, 5) is 10.3. The number of carbonyl (C=O) groups is 1. The lowest BCUT2D eigenvalue weighted by molar-refractivity contribution is -0.111. The largest absolute Gasteiger partial charge is 0.280 e. The molecular weight excluding hydrogens is 215 g/mol. The summed E-state index contributed by atoms with van der Waals surface area (Å²) in [5.74, 6) is 0. The molecule has 0 fully saturated rings. The first kappa shape index (κ1) is 10.4. The number of alkyl halides is 1. The van der Waals surface area contributed by atoms with Gasteiger partial charge in [0.15, 0.2) is 0 Å². The van der Waals surface area contributed by atoms with Gasteiger partial charge in [-0.05, 0) is 18.0 Å². The number of carbonyl (C=O) groups excluding carboxylic acids is 1. The quantitative estimate of drug-likeness (QED) is 0.401. The van der Waals surface area contributed by atoms with Crippen LogP contribution in [0.4, 0.5) is 0 Å². The molecule has 0 saturated carbocycles. The lowest BCUT2D eigenvalue weighted by Crippen LogP contribution is -2.05. The van der Waals surface area contributed by atoms with E-state index in [0.717, 1.165) is 12.8 Å². The van der Waals surface area contributed by atoms with Crippen molar-refractivity contribution < 1.29 is 4.79 Å². The summed E-state index contributed by atoms with van der Waals surface area (Å²) in [5.41, 5.74) is 0. The summed E-state index contributed by atoms with van der Waals surface area (Å²) in [5, 5.41) is -0.281. The second-order valence-electron chi connectivity index (χ2n) is 2.27. The van der Waals surface area contributed by atoms with Gasteiger partial charge in [-0.3, -0.25) is 4.79 Å². The van der Waals surface area contributed by atoms with Crippen molar-refractivity contribution in [3.63, 3.8) is 0 Å². The van der Waals surface area contributed by atoms with Crippen molar-refractivity contribution in [2.24, 2.45) is 0 Å². The molecule has 0 aromatic carbocycles. The fourth-order valence-corrected chi connectivity index (χ4v) is 1.12. The SMILES string of the molecule is CCCCCC(Br)C(=O)Cl. The van der Waals surface area contributed by atoms with Crippen LogP contribution in [0.3, 0.4) is 0 Å². The van der Waals surface area contributed by atoms with Gasteiger partial charge in [-0.15, -0.1) is 0 Å². The zero-order valence-corrected chi connectivity index (χ0v) is 8.41. The van der Waals surface area contributed by atoms with E-state index in [2.05, 4.69) is 22.9 Å². The molecule has 0 spiro atoms. The predicted molar refractivity (Wildman–Crippen MR) is 47.7 cm³/mol. The van der Waals surface area contributed by atoms with Crippen molar-refractivity contribution >= 4 is 32.8 Å². The fraction of sp³-hybridized carbons (Fsp3) is 0.857. The molecule has 1 nitrogen and oxygen atoms in total. The Labute approximate surface area is 75.3 Å². The molecule has 0 bridgehead atoms. The van der Waals surface area contributed by atoms with E-state index in [1.807, 2.05) is 0 Å². The minimum Gasteiger partial charge on any atom is -0.280 e. The van der Waals surface area contributed by atoms with E-state index >= 15 is 0 Å². The second-order valence-corrected chi connectivity index (χ2v) is 3.75. The summed E-state index contributed by atoms with van der Waals surface area (Å²) >= 11 is 8.41. The molecule has 0 amide bonds. The zero-order chi connectivity index (χ0) is 7.98. The van der Waals surface area contributed by atoms with E-state index in [-0.39, 0.29) is 10.1 Å². The number of unbranched alkanes of at least 4 members (excludes halogenated alkanes) is 2. The van der Waals surface area contributed by atoms with Crippen LogP contribution in [-0.4, -0.2) is 10.1 Å². The fourth-order valence-electron chi connectivity index (χ4n) is 0.687. The first-order valence-electron chi connectivity index (χ1n) is 3.52. The molecule has 0 N–H and O–H groups in total. The summed E-state index contributed by atoms with van der Waals surface area (Å²) < 4.78 is 0. The highest BCUT2D eigenvalue weighted by atomic mass is 79.9. The van der Waals surface area contributed by atoms with Crippen LogP contribution in [-0.2, 0) is 4.79 Å². The molecule has 0 aromatic rings. The maximum atomic E-state index is 10.5. The number of hydrogen-bond acceptors (Lipinski definition) is 1. The minimum atomic E-state index is -0.281. The van der Waals surface area contributed by atoms with E-state index in [4.69, 9.17) is 11.6 Å². The van der Waals surface area contributed by atoms with E-state index in [1.54, 1.807) is 0 Å². The van der Waals surface area contributed by atoms with Crippen LogP contribution in [0, 0.1) is 0 Å². The van der Waals surface area contributed by atoms with E-state index in [9.17, 15) is 4.79 Å². The third-order valence-corrected chi connectivity index (χ3v) is 2.71. The Hall–Kier alpha value is 0.440. The molecule has 0 aliphatic heterocycles. The van der Waals surface area contributed by atoms with Crippen molar-refractivity contribution in [1.29, 1.82) is 0 Å². The van der Waals surface area contributed by atoms with Crippen LogP contribution >= 0.6 is 27.5 Å². The highest BCUT2D eigenvalue weighted by molar-refractivity contribution is 9.10. The van der Waals surface area contributed by atoms with Crippen LogP contribution < -0.4 is 0 Å². The van der Waals surface area contributed by atoms with Crippen LogP contribution in [0.15, 0.2) is 0 Å². The van der Waals surface area contributed by atoms with Crippen LogP contribution in [0.2, 0.25) is 0 Å². The lowest BCUT2D eigenvalue weighted by atomic mass is 10.2. The number of rotatable bonds is 5. The van der Waals surface area contributed by atoms with Crippen molar-refractivity contribution in [1.82, 2.24) is 0 Å². The summed E-state index contributed by atoms with van der Waals surface area (Å²) in [6.45, 7) is 2.13. The first-order chi connectivity index (χ1) is 4.68. The monoisotopic (exact) mass is 226 g/mol. The average molecular weight is 228 g/mol. The Morgan fingerprint density at radius 1 is 1.60 bits per heavy atom. The summed E-state index contributed by atoms with van der Waals surface area (Å²) in [6, 6.07) is 0. The maximum absolute atomic E-state index is 10.5. The molecule has 3 heteroatoms. The van der Waals surface area contributed by atoms with Gasteiger partial charge in [-0.2, -0.15) is 0 Å². The molecule has 0 rings (SSSR count). The van der Waals surface area contributed by atoms with Crippen LogP contribution in [0.1, 0.15) is 32.6 Å². The Bertz CT molecular complexity index is 106. The van der Waals surface area contributed by atoms with Crippen molar-refractivity contribution in [2.45, 2.75) is 37.4 Å². The molecule has 1 atom stereocenters. The molecule has 0 aliphatic rings. The molecule has 0 aromatic heterocycles. The van der Waals surface area contributed by atoms with Gasteiger partial charge in [0.2, 0.25) is 5.24 Å². The van der Waals surface area contributed by atoms with E-state index < -0.39 is 0 Å². The highest BCUT2D eigenvalue weighted by Crippen LogP contribution is 2.13. The van der Waals surface area contributed by atoms with Gasteiger partial charge >= 0.3 is 0 Å². The molecular formula is C7H12BrClO. The van der Waals surface area contributed by atoms with Gasteiger partial charge in [-0.25, -0.2) is 0 Å². The third kappa shape index (κ3) is 5.24. The lowest BCUT2D eigenvalue weighted by Gasteiger charge is -2.01. The van der Waals surface area contributed by atoms with Gasteiger partial charge < -0.3 is 0 Å². The molecule has 60 valence electrons. The van der Waals surface area contributed by atoms with Gasteiger partial charge in [-0.1, -0.05) is 42.1 Å². The summed E-state index contributed by atoms with van der Waals surface area (Å²) in [6.07, 6.45) is 4.28. The average Bonchev–Trinajstić information content (AvgIpc) is 1.88. The molecule has 1 unspecified atom stereocenters. The molecule has 0 radical (unpaired) electrons. The first-order valence-corrected chi connectivity index (χ1v) is 4.81. The van der Waals surface area contributed by atoms with Gasteiger partial charge in [0.1, 0.15) is 0 Å². The normalized spacial score (nSPS) is 13.1. The van der Waals surface area contributed by atoms with Crippen LogP contribution in [0.25, 0.3) is 0 Å². The third-order valence-electron chi connectivity index (χ3n) is 1.31. The number of halogens is 2. The summed E-state index contributed by atoms with van der Waals surface area (Å²) in [7, 11) is 0. The Kier molecular flexibility index (Phi) is 6.44. The Morgan fingerprint density at radius 3 is 2.60 bits per heavy atom. The standard InChI is InChI=1S/C7H12BrClO/c1-2-3-4-5-6(8)7(9)10/h6H,2-5H2,1H3. The van der Waals surface area contributed by atoms with Crippen LogP contribution in [0.5, 0.6) is 0 Å². The van der Waals surface area contributed by atoms with E-state index in [0.29, 0.717) is 0 Å². The molecule has 10 heavy (non-hydrogen) atoms. The van der Waals surface area contributed by atoms with Gasteiger partial charge in [0, 0.05) is 0 Å². The Balaban J connectivity index is 3.21. The molecule has 0 heterocycles. The van der Waals surface area contributed by atoms with Gasteiger partial charge in [0.25, 0.3) is 0 Å². The topological polar surface area (TPSA) is 17.1 Å². The van der Waals surface area contributed by atoms with Crippen molar-refractivity contribution in [2.75, 3.05) is 0 Å². The van der Waals surface area contributed by atoms with E-state index in [1.165, 1.54) is 12.8 Å². The van der Waals surface area contributed by atoms with Crippen molar-refractivity contribution in [3.05, 3.63) is 0 Å². The smallest absolute Gasteiger partial charge is 0.235 e. The van der Waals surface area contributed by atoms with Crippen molar-refractivity contribution in [3.8, 4) is 0 Å². The Morgan fingerprint density at radius 2 is 2.20 bits per heavy atom. The number of hydrogen-bond donors (Lipinski definition) is 0.